The predicted octanol–water partition coefficient (Wildman–Crippen LogP) is 3.06. The van der Waals surface area contributed by atoms with E-state index in [1.54, 1.807) is 6.33 Å². The SMILES string of the molecule is Clc1ccccc1N1CCN(c2ncncc2I)CC1. The van der Waals surface area contributed by atoms with E-state index in [2.05, 4.69) is 48.4 Å². The Kier molecular flexibility index (Phi) is 4.26. The normalized spacial score (nSPS) is 15.5. The number of aromatic nitrogens is 2. The predicted molar refractivity (Wildman–Crippen MR) is 90.6 cm³/mol. The molecule has 0 saturated carbocycles. The van der Waals surface area contributed by atoms with Crippen LogP contribution in [0.2, 0.25) is 5.02 Å². The van der Waals surface area contributed by atoms with Crippen LogP contribution < -0.4 is 9.80 Å². The summed E-state index contributed by atoms with van der Waals surface area (Å²) in [5.74, 6) is 1.03. The minimum atomic E-state index is 0.817. The molecule has 2 aromatic rings. The highest BCUT2D eigenvalue weighted by atomic mass is 127. The molecule has 1 fully saturated rings. The average molecular weight is 401 g/mol. The van der Waals surface area contributed by atoms with E-state index in [1.807, 2.05) is 24.4 Å². The molecule has 0 spiro atoms. The van der Waals surface area contributed by atoms with Crippen LogP contribution in [-0.4, -0.2) is 36.1 Å². The molecule has 1 aromatic carbocycles. The zero-order valence-electron chi connectivity index (χ0n) is 10.8. The molecule has 1 aliphatic rings. The van der Waals surface area contributed by atoms with Gasteiger partial charge in [-0.1, -0.05) is 23.7 Å². The number of hydrogen-bond donors (Lipinski definition) is 0. The molecule has 1 aliphatic heterocycles. The standard InChI is InChI=1S/C14H14ClIN4/c15-11-3-1-2-4-13(11)19-5-7-20(8-6-19)14-12(16)9-17-10-18-14/h1-4,9-10H,5-8H2. The van der Waals surface area contributed by atoms with Gasteiger partial charge in [0.2, 0.25) is 0 Å². The Balaban J connectivity index is 1.72. The Bertz CT molecular complexity index is 546. The largest absolute Gasteiger partial charge is 0.367 e. The van der Waals surface area contributed by atoms with Crippen molar-refractivity contribution in [3.63, 3.8) is 0 Å². The Morgan fingerprint density at radius 2 is 1.75 bits per heavy atom. The summed E-state index contributed by atoms with van der Waals surface area (Å²) in [4.78, 5) is 13.0. The summed E-state index contributed by atoms with van der Waals surface area (Å²) in [6.07, 6.45) is 3.46. The number of halogens is 2. The van der Waals surface area contributed by atoms with Crippen LogP contribution >= 0.6 is 34.2 Å². The first-order valence-electron chi connectivity index (χ1n) is 6.45. The third-order valence-electron chi connectivity index (χ3n) is 3.42. The monoisotopic (exact) mass is 400 g/mol. The lowest BCUT2D eigenvalue weighted by Crippen LogP contribution is -2.47. The number of benzene rings is 1. The van der Waals surface area contributed by atoms with Crippen LogP contribution in [0.25, 0.3) is 0 Å². The average Bonchev–Trinajstić information content (AvgIpc) is 2.49. The highest BCUT2D eigenvalue weighted by Crippen LogP contribution is 2.27. The molecule has 0 bridgehead atoms. The number of nitrogens with zero attached hydrogens (tertiary/aromatic N) is 4. The van der Waals surface area contributed by atoms with Crippen molar-refractivity contribution in [2.24, 2.45) is 0 Å². The summed E-state index contributed by atoms with van der Waals surface area (Å²) >= 11 is 8.54. The number of piperazine rings is 1. The summed E-state index contributed by atoms with van der Waals surface area (Å²) in [5.41, 5.74) is 1.12. The third-order valence-corrected chi connectivity index (χ3v) is 4.50. The van der Waals surface area contributed by atoms with Crippen LogP contribution in [0.1, 0.15) is 0 Å². The quantitative estimate of drug-likeness (QED) is 0.725. The van der Waals surface area contributed by atoms with Gasteiger partial charge in [-0.15, -0.1) is 0 Å². The Hall–Kier alpha value is -1.08. The second-order valence-corrected chi connectivity index (χ2v) is 6.19. The van der Waals surface area contributed by atoms with Crippen molar-refractivity contribution in [2.45, 2.75) is 0 Å². The summed E-state index contributed by atoms with van der Waals surface area (Å²) in [7, 11) is 0. The van der Waals surface area contributed by atoms with Crippen molar-refractivity contribution in [1.82, 2.24) is 9.97 Å². The number of hydrogen-bond acceptors (Lipinski definition) is 4. The number of rotatable bonds is 2. The molecule has 4 nitrogen and oxygen atoms in total. The van der Waals surface area contributed by atoms with Gasteiger partial charge in [0.15, 0.2) is 0 Å². The van der Waals surface area contributed by atoms with Crippen LogP contribution in [-0.2, 0) is 0 Å². The van der Waals surface area contributed by atoms with E-state index in [4.69, 9.17) is 11.6 Å². The zero-order valence-corrected chi connectivity index (χ0v) is 13.8. The Labute approximate surface area is 136 Å². The van der Waals surface area contributed by atoms with Gasteiger partial charge in [0.05, 0.1) is 14.3 Å². The van der Waals surface area contributed by atoms with E-state index in [0.717, 1.165) is 46.3 Å². The first kappa shape index (κ1) is 13.9. The van der Waals surface area contributed by atoms with Crippen LogP contribution in [0, 0.1) is 3.57 Å². The van der Waals surface area contributed by atoms with Gasteiger partial charge >= 0.3 is 0 Å². The van der Waals surface area contributed by atoms with Crippen molar-refractivity contribution in [2.75, 3.05) is 36.0 Å². The van der Waals surface area contributed by atoms with Crippen molar-refractivity contribution >= 4 is 45.7 Å². The van der Waals surface area contributed by atoms with Gasteiger partial charge in [-0.05, 0) is 34.7 Å². The zero-order chi connectivity index (χ0) is 13.9. The summed E-state index contributed by atoms with van der Waals surface area (Å²) < 4.78 is 1.09. The maximum absolute atomic E-state index is 6.26. The van der Waals surface area contributed by atoms with Crippen LogP contribution in [0.5, 0.6) is 0 Å². The van der Waals surface area contributed by atoms with Gasteiger partial charge in [0.25, 0.3) is 0 Å². The van der Waals surface area contributed by atoms with Gasteiger partial charge in [0, 0.05) is 32.4 Å². The third kappa shape index (κ3) is 2.83. The van der Waals surface area contributed by atoms with E-state index < -0.39 is 0 Å². The molecule has 2 heterocycles. The van der Waals surface area contributed by atoms with E-state index in [1.165, 1.54) is 0 Å². The highest BCUT2D eigenvalue weighted by molar-refractivity contribution is 14.1. The molecule has 0 aliphatic carbocycles. The summed E-state index contributed by atoms with van der Waals surface area (Å²) in [6, 6.07) is 8.01. The number of anilines is 2. The molecule has 0 N–H and O–H groups in total. The summed E-state index contributed by atoms with van der Waals surface area (Å²) in [6.45, 7) is 3.78. The lowest BCUT2D eigenvalue weighted by Gasteiger charge is -2.37. The molecule has 6 heteroatoms. The molecule has 0 unspecified atom stereocenters. The molecule has 0 radical (unpaired) electrons. The fourth-order valence-electron chi connectivity index (χ4n) is 2.41. The van der Waals surface area contributed by atoms with E-state index in [0.29, 0.717) is 0 Å². The maximum atomic E-state index is 6.26. The fourth-order valence-corrected chi connectivity index (χ4v) is 3.30. The van der Waals surface area contributed by atoms with Crippen LogP contribution in [0.4, 0.5) is 11.5 Å². The molecule has 0 amide bonds. The van der Waals surface area contributed by atoms with Crippen LogP contribution in [0.15, 0.2) is 36.8 Å². The van der Waals surface area contributed by atoms with Gasteiger partial charge in [-0.2, -0.15) is 0 Å². The second kappa shape index (κ2) is 6.13. The molecule has 3 rings (SSSR count). The molecular formula is C14H14ClIN4. The van der Waals surface area contributed by atoms with Crippen molar-refractivity contribution in [1.29, 1.82) is 0 Å². The smallest absolute Gasteiger partial charge is 0.145 e. The Morgan fingerprint density at radius 3 is 2.45 bits per heavy atom. The number of para-hydroxylation sites is 1. The van der Waals surface area contributed by atoms with Crippen molar-refractivity contribution in [3.05, 3.63) is 45.4 Å². The molecule has 104 valence electrons. The fraction of sp³-hybridized carbons (Fsp3) is 0.286. The molecular weight excluding hydrogens is 387 g/mol. The first-order chi connectivity index (χ1) is 9.75. The Morgan fingerprint density at radius 1 is 1.05 bits per heavy atom. The van der Waals surface area contributed by atoms with E-state index in [9.17, 15) is 0 Å². The summed E-state index contributed by atoms with van der Waals surface area (Å²) in [5, 5.41) is 0.817. The first-order valence-corrected chi connectivity index (χ1v) is 7.91. The second-order valence-electron chi connectivity index (χ2n) is 4.62. The van der Waals surface area contributed by atoms with Gasteiger partial charge in [-0.25, -0.2) is 9.97 Å². The lowest BCUT2D eigenvalue weighted by molar-refractivity contribution is 0.645. The van der Waals surface area contributed by atoms with Gasteiger partial charge in [-0.3, -0.25) is 0 Å². The minimum Gasteiger partial charge on any atom is -0.367 e. The van der Waals surface area contributed by atoms with E-state index in [-0.39, 0.29) is 0 Å². The molecule has 0 atom stereocenters. The van der Waals surface area contributed by atoms with Crippen molar-refractivity contribution in [3.8, 4) is 0 Å². The maximum Gasteiger partial charge on any atom is 0.145 e. The molecule has 1 aromatic heterocycles. The van der Waals surface area contributed by atoms with Gasteiger partial charge in [0.1, 0.15) is 12.1 Å². The minimum absolute atomic E-state index is 0.817. The lowest BCUT2D eigenvalue weighted by atomic mass is 10.2. The topological polar surface area (TPSA) is 32.3 Å². The van der Waals surface area contributed by atoms with Crippen LogP contribution in [0.3, 0.4) is 0 Å². The van der Waals surface area contributed by atoms with Gasteiger partial charge < -0.3 is 9.80 Å². The molecule has 1 saturated heterocycles. The van der Waals surface area contributed by atoms with Crippen molar-refractivity contribution < 1.29 is 0 Å². The highest BCUT2D eigenvalue weighted by Gasteiger charge is 2.20. The van der Waals surface area contributed by atoms with E-state index >= 15 is 0 Å². The molecule has 20 heavy (non-hydrogen) atoms.